The van der Waals surface area contributed by atoms with Gasteiger partial charge in [0, 0.05) is 131 Å². The number of carboxylic acids is 2. The number of phenols is 1. The molecule has 0 radical (unpaired) electrons. The average molecular weight is 1930 g/mol. The van der Waals surface area contributed by atoms with Gasteiger partial charge < -0.3 is 130 Å². The maximum absolute atomic E-state index is 15.7. The highest BCUT2D eigenvalue weighted by Gasteiger charge is 2.48. The van der Waals surface area contributed by atoms with Crippen LogP contribution in [0, 0.1) is 0 Å². The van der Waals surface area contributed by atoms with Gasteiger partial charge in [-0.3, -0.25) is 91.1 Å². The molecule has 3 aromatic carbocycles. The summed E-state index contributed by atoms with van der Waals surface area (Å²) in [5.74, 6) is -21.6. The van der Waals surface area contributed by atoms with Crippen LogP contribution in [0.5, 0.6) is 5.75 Å². The molecular weight excluding hydrogens is 1800 g/mol. The molecular formula is C91H121N21O24S. The first-order chi connectivity index (χ1) is 65.4. The van der Waals surface area contributed by atoms with Crippen molar-refractivity contribution < 1.29 is 117 Å². The predicted molar refractivity (Wildman–Crippen MR) is 492 cm³/mol. The Morgan fingerprint density at radius 2 is 1.01 bits per heavy atom. The standard InChI is InChI=1S/C91H121N21O24S/c1-5-7-20-68-83(128)100-59(29-31-76(119)120)79(124)107-67(78(123)97-43-74(93)117)46-137-47-75(118)99-63(34-49-24-26-53(114)27-25-49)89(134)110-32-14-13-22-69(110)85(130)105-65(39-77(121)122)90(135)111-33-15-23-70(111)84(129)103-62(37-52-42-94-48-98-52)81(126)101-60(28-30-73(92)116)88(133)112-44-54(115)38-72(112)86(131)102-61(35-50-40-95-57-18-11-9-16-55(50)57)80(125)106-66(45-113)82(127)104-64(36-51-41-96-58-19-12-10-17-56(51)58)87(132)109(4)71(21-8-6-2)91(136)108(68)3/h9-12,16-19,24-27,40-42,48,54,59-72,95-96,113-115H,5-8,13-15,20-23,28-39,43-47H2,1-4H3,(H2,92,116)(H2,93,117)(H,94,98)(H,97,123)(H,99,118)(H,100,128)(H,101,126)(H,102,131)(H,103,129)(H,104,127)(H,105,130)(H,106,125)(H,107,124)(H,119,120)(H,121,122)/t54-,59+,60+,61+,62+,63+,64+,65+,66+,67+,68+,69+,70+,71+,72+/m1/s1. The van der Waals surface area contributed by atoms with E-state index in [0.717, 1.165) is 24.5 Å². The number of para-hydroxylation sites is 2. The monoisotopic (exact) mass is 1920 g/mol. The molecule has 0 unspecified atom stereocenters. The first-order valence-corrected chi connectivity index (χ1v) is 46.8. The van der Waals surface area contributed by atoms with Gasteiger partial charge >= 0.3 is 11.9 Å². The van der Waals surface area contributed by atoms with E-state index in [1.165, 1.54) is 50.9 Å². The van der Waals surface area contributed by atoms with E-state index in [2.05, 4.69) is 73.1 Å². The van der Waals surface area contributed by atoms with Crippen LogP contribution in [-0.4, -0.2) is 331 Å². The topological polar surface area (TPSA) is 674 Å². The van der Waals surface area contributed by atoms with Crippen molar-refractivity contribution in [1.82, 2.24) is 97.6 Å². The van der Waals surface area contributed by atoms with Crippen LogP contribution in [0.4, 0.5) is 0 Å². The minimum absolute atomic E-state index is 0.0625. The molecule has 4 fully saturated rings. The van der Waals surface area contributed by atoms with Gasteiger partial charge in [-0.15, -0.1) is 11.8 Å². The fourth-order valence-electron chi connectivity index (χ4n) is 17.4. The molecule has 4 saturated heterocycles. The van der Waals surface area contributed by atoms with Crippen LogP contribution in [0.3, 0.4) is 0 Å². The van der Waals surface area contributed by atoms with Gasteiger partial charge in [0.15, 0.2) is 0 Å². The van der Waals surface area contributed by atoms with Crippen molar-refractivity contribution in [1.29, 1.82) is 0 Å². The lowest BCUT2D eigenvalue weighted by Crippen LogP contribution is -2.62. The second-order valence-electron chi connectivity index (χ2n) is 34.6. The zero-order chi connectivity index (χ0) is 99.4. The van der Waals surface area contributed by atoms with Gasteiger partial charge in [-0.05, 0) is 98.7 Å². The van der Waals surface area contributed by atoms with E-state index in [-0.39, 0.29) is 88.7 Å². The van der Waals surface area contributed by atoms with E-state index < -0.39 is 279 Å². The van der Waals surface area contributed by atoms with E-state index in [1.54, 1.807) is 67.8 Å². The van der Waals surface area contributed by atoms with Crippen LogP contribution in [0.25, 0.3) is 21.8 Å². The van der Waals surface area contributed by atoms with Gasteiger partial charge in [-0.1, -0.05) is 88.1 Å². The number of carboxylic acid groups (broad SMARTS) is 2. The summed E-state index contributed by atoms with van der Waals surface area (Å²) in [7, 11) is 2.57. The number of primary amides is 2. The maximum atomic E-state index is 15.7. The molecule has 0 aliphatic carbocycles. The third-order valence-corrected chi connectivity index (χ3v) is 25.7. The van der Waals surface area contributed by atoms with Crippen molar-refractivity contribution in [3.8, 4) is 5.75 Å². The molecule has 6 aromatic rings. The number of fused-ring (bicyclic) bond motifs is 5. The smallest absolute Gasteiger partial charge is 0.305 e. The fourth-order valence-corrected chi connectivity index (χ4v) is 18.2. The molecule has 0 spiro atoms. The molecule has 7 heterocycles. The van der Waals surface area contributed by atoms with E-state index in [4.69, 9.17) is 11.5 Å². The number of nitrogens with two attached hydrogens (primary N) is 2. The molecule has 46 heteroatoms. The van der Waals surface area contributed by atoms with Crippen molar-refractivity contribution in [2.24, 2.45) is 11.5 Å². The molecule has 137 heavy (non-hydrogen) atoms. The van der Waals surface area contributed by atoms with Gasteiger partial charge in [0.25, 0.3) is 0 Å². The number of imidazole rings is 1. The zero-order valence-corrected chi connectivity index (χ0v) is 77.3. The summed E-state index contributed by atoms with van der Waals surface area (Å²) in [5.41, 5.74) is 13.8. The summed E-state index contributed by atoms with van der Waals surface area (Å²) < 4.78 is 0. The van der Waals surface area contributed by atoms with Crippen molar-refractivity contribution in [3.63, 3.8) is 0 Å². The lowest BCUT2D eigenvalue weighted by Gasteiger charge is -2.38. The first-order valence-electron chi connectivity index (χ1n) is 45.6. The molecule has 15 atom stereocenters. The molecule has 10 rings (SSSR count). The number of unbranched alkanes of at least 4 members (excludes halogenated alkanes) is 2. The number of aliphatic hydroxyl groups excluding tert-OH is 2. The van der Waals surface area contributed by atoms with Crippen molar-refractivity contribution in [3.05, 3.63) is 120 Å². The number of carbonyl (C=O) groups is 19. The highest BCUT2D eigenvalue weighted by molar-refractivity contribution is 8.00. The Kier molecular flexibility index (Phi) is 38.3. The Balaban J connectivity index is 1.03. The molecule has 0 saturated carbocycles. The molecule has 4 aliphatic heterocycles. The molecule has 3 aromatic heterocycles. The number of likely N-dealkylation sites (N-methyl/N-ethyl adjacent to an activating group) is 2. The maximum Gasteiger partial charge on any atom is 0.305 e. The Bertz CT molecular complexity index is 5360. The quantitative estimate of drug-likeness (QED) is 0.0258. The average Bonchev–Trinajstić information content (AvgIpc) is 1.68. The number of H-pyrrole nitrogens is 3. The Hall–Kier alpha value is -14.1. The number of thioether (sulfide) groups is 1. The Labute approximate surface area is 791 Å². The van der Waals surface area contributed by atoms with Crippen LogP contribution < -0.4 is 64.6 Å². The van der Waals surface area contributed by atoms with Crippen molar-refractivity contribution in [2.75, 3.05) is 58.4 Å². The highest BCUT2D eigenvalue weighted by Crippen LogP contribution is 2.29. The Morgan fingerprint density at radius 3 is 1.60 bits per heavy atom. The number of amides is 17. The number of aromatic amines is 3. The summed E-state index contributed by atoms with van der Waals surface area (Å²) in [5, 5.41) is 80.2. The normalized spacial score (nSPS) is 25.0. The fraction of sp³-hybridized carbons (Fsp3) is 0.516. The molecule has 45 nitrogen and oxygen atoms in total. The number of hydrogen-bond donors (Lipinski definition) is 20. The number of aliphatic hydroxyl groups is 2. The number of phenolic OH excluding ortho intramolecular Hbond substituents is 1. The van der Waals surface area contributed by atoms with E-state index >= 15 is 47.9 Å². The molecule has 4 aliphatic rings. The summed E-state index contributed by atoms with van der Waals surface area (Å²) in [6.07, 6.45) is 0.578. The minimum atomic E-state index is -1.95. The minimum Gasteiger partial charge on any atom is -0.508 e. The van der Waals surface area contributed by atoms with Gasteiger partial charge in [0.05, 0.1) is 37.8 Å². The number of rotatable bonds is 26. The van der Waals surface area contributed by atoms with E-state index in [9.17, 15) is 68.7 Å². The van der Waals surface area contributed by atoms with Crippen LogP contribution in [-0.2, 0) is 117 Å². The van der Waals surface area contributed by atoms with E-state index in [1.807, 2.05) is 6.92 Å². The molecule has 740 valence electrons. The second kappa shape index (κ2) is 50.0. The van der Waals surface area contributed by atoms with Gasteiger partial charge in [0.1, 0.15) is 90.3 Å². The number of nitrogens with one attached hydrogen (secondary N) is 13. The Morgan fingerprint density at radius 1 is 0.496 bits per heavy atom. The predicted octanol–water partition coefficient (Wildman–Crippen LogP) is -2.97. The third kappa shape index (κ3) is 28.8. The molecule has 17 amide bonds. The number of aromatic nitrogens is 4. The molecule has 0 bridgehead atoms. The van der Waals surface area contributed by atoms with Crippen LogP contribution >= 0.6 is 11.8 Å². The lowest BCUT2D eigenvalue weighted by atomic mass is 9.97. The summed E-state index contributed by atoms with van der Waals surface area (Å²) in [6.45, 7) is 0.741. The number of piperidine rings is 1. The number of aromatic hydroxyl groups is 1. The zero-order valence-electron chi connectivity index (χ0n) is 76.4. The van der Waals surface area contributed by atoms with Gasteiger partial charge in [0.2, 0.25) is 100 Å². The molecule has 22 N–H and O–H groups in total. The third-order valence-electron chi connectivity index (χ3n) is 24.7. The van der Waals surface area contributed by atoms with Gasteiger partial charge in [-0.2, -0.15) is 0 Å². The summed E-state index contributed by atoms with van der Waals surface area (Å²) in [6, 6.07) is -4.01. The van der Waals surface area contributed by atoms with E-state index in [0.29, 0.717) is 75.9 Å². The summed E-state index contributed by atoms with van der Waals surface area (Å²) in [4.78, 5) is 294. The highest BCUT2D eigenvalue weighted by atomic mass is 32.2. The first kappa shape index (κ1) is 105. The second-order valence-corrected chi connectivity index (χ2v) is 35.7. The van der Waals surface area contributed by atoms with Gasteiger partial charge in [-0.25, -0.2) is 4.98 Å². The largest absolute Gasteiger partial charge is 0.508 e. The van der Waals surface area contributed by atoms with Crippen molar-refractivity contribution in [2.45, 2.75) is 239 Å². The number of aliphatic carboxylic acids is 2. The van der Waals surface area contributed by atoms with Crippen LogP contribution in [0.1, 0.15) is 145 Å². The van der Waals surface area contributed by atoms with Crippen LogP contribution in [0.15, 0.2) is 97.7 Å². The number of benzene rings is 3. The summed E-state index contributed by atoms with van der Waals surface area (Å²) >= 11 is 0.706. The number of hydrogen-bond acceptors (Lipinski definition) is 24. The lowest BCUT2D eigenvalue weighted by molar-refractivity contribution is -0.149. The number of nitrogens with zero attached hydrogens (tertiary/aromatic N) is 6. The number of carbonyl (C=O) groups excluding carboxylic acids is 17. The SMILES string of the molecule is CCCC[C@H]1C(=O)N(C)[C@@H](CCCC)C(=O)N[C@@H](CCC(=O)O)C(=O)N[C@H](C(=O)NCC(N)=O)CSCC(=O)N[C@@H](Cc2ccc(O)cc2)C(=O)N2CCCC[C@H]2C(=O)N[C@@H](CC(=O)O)C(=O)N2CCC[C@H]2C(=O)N[C@@H](Cc2cnc[nH]2)C(=O)N[C@@H](CCC(N)=O)C(=O)N2C[C@H](O)C[C@H]2C(=O)N[C@@H](Cc2c[nH]c3ccccc23)C(=O)N[C@@H](CO)C(=O)N[C@@H](Cc2c[nH]c3ccccc23)C(=O)N1C. The van der Waals surface area contributed by atoms with Crippen molar-refractivity contribution >= 4 is 146 Å². The van der Waals surface area contributed by atoms with Crippen LogP contribution in [0.2, 0.25) is 0 Å².